The van der Waals surface area contributed by atoms with E-state index in [9.17, 15) is 5.11 Å². The lowest BCUT2D eigenvalue weighted by atomic mass is 9.90. The van der Waals surface area contributed by atoms with E-state index in [-0.39, 0.29) is 0 Å². The molecule has 0 amide bonds. The van der Waals surface area contributed by atoms with E-state index >= 15 is 0 Å². The molecule has 0 radical (unpaired) electrons. The number of aryl methyl sites for hydroxylation is 2. The van der Waals surface area contributed by atoms with Crippen molar-refractivity contribution in [3.05, 3.63) is 34.9 Å². The third-order valence-corrected chi connectivity index (χ3v) is 4.15. The van der Waals surface area contributed by atoms with Gasteiger partial charge in [0.05, 0.1) is 6.61 Å². The van der Waals surface area contributed by atoms with E-state index in [1.807, 2.05) is 6.92 Å². The molecule has 1 atom stereocenters. The van der Waals surface area contributed by atoms with Gasteiger partial charge in [0.25, 0.3) is 0 Å². The summed E-state index contributed by atoms with van der Waals surface area (Å²) in [6, 6.07) is 6.20. The number of ether oxygens (including phenoxy) is 1. The van der Waals surface area contributed by atoms with Gasteiger partial charge < -0.3 is 9.84 Å². The first-order valence-corrected chi connectivity index (χ1v) is 7.50. The summed E-state index contributed by atoms with van der Waals surface area (Å²) in [4.78, 5) is 0. The van der Waals surface area contributed by atoms with Crippen molar-refractivity contribution in [3.8, 4) is 0 Å². The maximum Gasteiger partial charge on any atom is 0.103 e. The number of hydrogen-bond donors (Lipinski definition) is 1. The number of aliphatic hydroxyl groups excluding tert-OH is 1. The Kier molecular flexibility index (Phi) is 5.41. The summed E-state index contributed by atoms with van der Waals surface area (Å²) in [5, 5.41) is 10.2. The van der Waals surface area contributed by atoms with E-state index in [1.54, 1.807) is 0 Å². The van der Waals surface area contributed by atoms with Crippen LogP contribution in [0, 0.1) is 19.8 Å². The van der Waals surface area contributed by atoms with Crippen molar-refractivity contribution < 1.29 is 9.84 Å². The van der Waals surface area contributed by atoms with Crippen LogP contribution in [0.3, 0.4) is 0 Å². The number of rotatable bonds is 5. The summed E-state index contributed by atoms with van der Waals surface area (Å²) in [6.07, 6.45) is 6.14. The van der Waals surface area contributed by atoms with Gasteiger partial charge in [-0.2, -0.15) is 0 Å². The molecule has 1 N–H and O–H groups in total. The monoisotopic (exact) mass is 262 g/mol. The fraction of sp³-hybridized carbons (Fsp3) is 0.647. The fourth-order valence-electron chi connectivity index (χ4n) is 2.91. The molecule has 1 fully saturated rings. The molecule has 0 bridgehead atoms. The molecular formula is C17H26O2. The number of aliphatic hydroxyl groups is 1. The van der Waals surface area contributed by atoms with Crippen LogP contribution >= 0.6 is 0 Å². The summed E-state index contributed by atoms with van der Waals surface area (Å²) in [7, 11) is 0. The highest BCUT2D eigenvalue weighted by Crippen LogP contribution is 2.25. The van der Waals surface area contributed by atoms with E-state index in [0.717, 1.165) is 17.7 Å². The van der Waals surface area contributed by atoms with Crippen molar-refractivity contribution in [2.75, 3.05) is 13.2 Å². The second-order valence-corrected chi connectivity index (χ2v) is 5.92. The standard InChI is InChI=1S/C17H26O2/c1-13-8-9-14(2)16(10-13)17(18)12-19-11-15-6-4-3-5-7-15/h8-10,15,17-18H,3-7,11-12H2,1-2H3. The Labute approximate surface area is 116 Å². The van der Waals surface area contributed by atoms with Gasteiger partial charge in [0, 0.05) is 6.61 Å². The van der Waals surface area contributed by atoms with Crippen molar-refractivity contribution in [2.24, 2.45) is 5.92 Å². The smallest absolute Gasteiger partial charge is 0.103 e. The molecule has 1 aromatic carbocycles. The van der Waals surface area contributed by atoms with Crippen LogP contribution in [-0.2, 0) is 4.74 Å². The van der Waals surface area contributed by atoms with Gasteiger partial charge in [-0.15, -0.1) is 0 Å². The summed E-state index contributed by atoms with van der Waals surface area (Å²) in [6.45, 7) is 5.32. The summed E-state index contributed by atoms with van der Waals surface area (Å²) >= 11 is 0. The molecule has 1 unspecified atom stereocenters. The lowest BCUT2D eigenvalue weighted by Gasteiger charge is -2.22. The van der Waals surface area contributed by atoms with Gasteiger partial charge in [-0.05, 0) is 43.7 Å². The van der Waals surface area contributed by atoms with Gasteiger partial charge in [-0.3, -0.25) is 0 Å². The average molecular weight is 262 g/mol. The Morgan fingerprint density at radius 1 is 1.21 bits per heavy atom. The van der Waals surface area contributed by atoms with Crippen LogP contribution in [0.25, 0.3) is 0 Å². The zero-order valence-electron chi connectivity index (χ0n) is 12.2. The Hall–Kier alpha value is -0.860. The Morgan fingerprint density at radius 2 is 1.95 bits per heavy atom. The first-order chi connectivity index (χ1) is 9.16. The van der Waals surface area contributed by atoms with Crippen LogP contribution in [0.1, 0.15) is 54.9 Å². The van der Waals surface area contributed by atoms with Gasteiger partial charge in [-0.1, -0.05) is 43.0 Å². The van der Waals surface area contributed by atoms with E-state index in [4.69, 9.17) is 4.74 Å². The van der Waals surface area contributed by atoms with Gasteiger partial charge >= 0.3 is 0 Å². The minimum Gasteiger partial charge on any atom is -0.386 e. The molecule has 0 heterocycles. The number of benzene rings is 1. The van der Waals surface area contributed by atoms with Crippen LogP contribution in [0.2, 0.25) is 0 Å². The molecular weight excluding hydrogens is 236 g/mol. The van der Waals surface area contributed by atoms with E-state index in [2.05, 4.69) is 25.1 Å². The van der Waals surface area contributed by atoms with Gasteiger partial charge in [0.2, 0.25) is 0 Å². The maximum absolute atomic E-state index is 10.2. The fourth-order valence-corrected chi connectivity index (χ4v) is 2.91. The molecule has 2 nitrogen and oxygen atoms in total. The van der Waals surface area contributed by atoms with Crippen molar-refractivity contribution in [3.63, 3.8) is 0 Å². The first kappa shape index (κ1) is 14.5. The lowest BCUT2D eigenvalue weighted by Crippen LogP contribution is -2.16. The lowest BCUT2D eigenvalue weighted by molar-refractivity contribution is 0.0144. The van der Waals surface area contributed by atoms with E-state index in [1.165, 1.54) is 37.7 Å². The molecule has 2 heteroatoms. The largest absolute Gasteiger partial charge is 0.386 e. The molecule has 2 rings (SSSR count). The van der Waals surface area contributed by atoms with Crippen LogP contribution < -0.4 is 0 Å². The molecule has 106 valence electrons. The summed E-state index contributed by atoms with van der Waals surface area (Å²) < 4.78 is 5.73. The molecule has 0 aromatic heterocycles. The van der Waals surface area contributed by atoms with Crippen LogP contribution in [0.15, 0.2) is 18.2 Å². The highest BCUT2D eigenvalue weighted by atomic mass is 16.5. The zero-order valence-corrected chi connectivity index (χ0v) is 12.2. The Bertz CT molecular complexity index is 394. The molecule has 1 aliphatic carbocycles. The van der Waals surface area contributed by atoms with Gasteiger partial charge in [0.1, 0.15) is 6.10 Å². The molecule has 1 aromatic rings. The van der Waals surface area contributed by atoms with Crippen LogP contribution in [0.5, 0.6) is 0 Å². The molecule has 1 aliphatic rings. The normalized spacial score (nSPS) is 18.5. The molecule has 0 saturated heterocycles. The topological polar surface area (TPSA) is 29.5 Å². The van der Waals surface area contributed by atoms with Crippen molar-refractivity contribution in [1.29, 1.82) is 0 Å². The summed E-state index contributed by atoms with van der Waals surface area (Å²) in [5.41, 5.74) is 3.33. The van der Waals surface area contributed by atoms with Crippen molar-refractivity contribution in [1.82, 2.24) is 0 Å². The highest BCUT2D eigenvalue weighted by molar-refractivity contribution is 5.32. The SMILES string of the molecule is Cc1ccc(C)c(C(O)COCC2CCCCC2)c1. The molecule has 1 saturated carbocycles. The average Bonchev–Trinajstić information content (AvgIpc) is 2.42. The molecule has 19 heavy (non-hydrogen) atoms. The predicted molar refractivity (Wildman–Crippen MR) is 78.3 cm³/mol. The van der Waals surface area contributed by atoms with Crippen LogP contribution in [0.4, 0.5) is 0 Å². The van der Waals surface area contributed by atoms with Gasteiger partial charge in [-0.25, -0.2) is 0 Å². The van der Waals surface area contributed by atoms with E-state index in [0.29, 0.717) is 12.5 Å². The quantitative estimate of drug-likeness (QED) is 0.871. The first-order valence-electron chi connectivity index (χ1n) is 7.50. The third kappa shape index (κ3) is 4.32. The van der Waals surface area contributed by atoms with Crippen LogP contribution in [-0.4, -0.2) is 18.3 Å². The highest BCUT2D eigenvalue weighted by Gasteiger charge is 2.15. The predicted octanol–water partition coefficient (Wildman–Crippen LogP) is 3.93. The number of hydrogen-bond acceptors (Lipinski definition) is 2. The Morgan fingerprint density at radius 3 is 2.68 bits per heavy atom. The Balaban J connectivity index is 1.80. The zero-order chi connectivity index (χ0) is 13.7. The maximum atomic E-state index is 10.2. The third-order valence-electron chi connectivity index (χ3n) is 4.15. The second kappa shape index (κ2) is 7.06. The van der Waals surface area contributed by atoms with Crippen molar-refractivity contribution in [2.45, 2.75) is 52.1 Å². The minimum atomic E-state index is -0.497. The van der Waals surface area contributed by atoms with Crippen molar-refractivity contribution >= 4 is 0 Å². The molecule has 0 aliphatic heterocycles. The molecule has 0 spiro atoms. The van der Waals surface area contributed by atoms with E-state index < -0.39 is 6.10 Å². The summed E-state index contributed by atoms with van der Waals surface area (Å²) in [5.74, 6) is 0.708. The van der Waals surface area contributed by atoms with Gasteiger partial charge in [0.15, 0.2) is 0 Å². The minimum absolute atomic E-state index is 0.417. The second-order valence-electron chi connectivity index (χ2n) is 5.92.